The molecule has 1 aromatic carbocycles. The van der Waals surface area contributed by atoms with E-state index in [9.17, 15) is 4.79 Å². The Labute approximate surface area is 125 Å². The van der Waals surface area contributed by atoms with Gasteiger partial charge in [-0.25, -0.2) is 0 Å². The number of nitrogens with two attached hydrogens (primary N) is 1. The molecule has 1 aliphatic rings. The molecular formula is C15H21N3OS. The maximum absolute atomic E-state index is 11.3. The quantitative estimate of drug-likeness (QED) is 0.820. The molecule has 0 aromatic heterocycles. The summed E-state index contributed by atoms with van der Waals surface area (Å²) in [5, 5.41) is 3.96. The van der Waals surface area contributed by atoms with E-state index in [-0.39, 0.29) is 11.8 Å². The van der Waals surface area contributed by atoms with Gasteiger partial charge in [-0.1, -0.05) is 12.1 Å². The molecule has 1 fully saturated rings. The molecule has 0 unspecified atom stereocenters. The zero-order valence-corrected chi connectivity index (χ0v) is 12.8. The topological polar surface area (TPSA) is 58.4 Å². The number of carbonyl (C=O) groups excluding carboxylic acids is 1. The predicted molar refractivity (Wildman–Crippen MR) is 85.6 cm³/mol. The molecule has 1 heterocycles. The molecule has 0 spiro atoms. The molecule has 0 bridgehead atoms. The fourth-order valence-electron chi connectivity index (χ4n) is 2.47. The Hall–Kier alpha value is -1.62. The second kappa shape index (κ2) is 6.22. The standard InChI is InChI=1S/C15H21N3OS/c1-10-5-3-7-13(11(10)2)17-15(20)18-8-4-6-12(9-18)14(16)19/h3,5,7,12H,4,6,8-9H2,1-2H3,(H2,16,19)(H,17,20)/t12-/m0/s1. The minimum atomic E-state index is -0.232. The van der Waals surface area contributed by atoms with Crippen LogP contribution in [0.25, 0.3) is 0 Å². The van der Waals surface area contributed by atoms with Gasteiger partial charge >= 0.3 is 0 Å². The Morgan fingerprint density at radius 2 is 2.20 bits per heavy atom. The number of thiocarbonyl (C=S) groups is 1. The van der Waals surface area contributed by atoms with Crippen molar-refractivity contribution in [3.63, 3.8) is 0 Å². The van der Waals surface area contributed by atoms with Gasteiger partial charge in [0, 0.05) is 18.8 Å². The molecular weight excluding hydrogens is 270 g/mol. The van der Waals surface area contributed by atoms with Crippen LogP contribution >= 0.6 is 12.2 Å². The van der Waals surface area contributed by atoms with E-state index in [0.29, 0.717) is 11.7 Å². The van der Waals surface area contributed by atoms with Gasteiger partial charge in [0.2, 0.25) is 5.91 Å². The molecule has 4 nitrogen and oxygen atoms in total. The third-order valence-corrected chi connectivity index (χ3v) is 4.32. The van der Waals surface area contributed by atoms with Gasteiger partial charge in [-0.15, -0.1) is 0 Å². The number of primary amides is 1. The Kier molecular flexibility index (Phi) is 4.60. The normalized spacial score (nSPS) is 18.7. The first-order valence-electron chi connectivity index (χ1n) is 6.90. The smallest absolute Gasteiger partial charge is 0.222 e. The summed E-state index contributed by atoms with van der Waals surface area (Å²) in [6, 6.07) is 6.10. The summed E-state index contributed by atoms with van der Waals surface area (Å²) >= 11 is 5.46. The van der Waals surface area contributed by atoms with Gasteiger partial charge < -0.3 is 16.0 Å². The number of hydrogen-bond donors (Lipinski definition) is 2. The molecule has 1 amide bonds. The molecule has 108 valence electrons. The number of aryl methyl sites for hydroxylation is 1. The van der Waals surface area contributed by atoms with Crippen LogP contribution in [0.15, 0.2) is 18.2 Å². The Morgan fingerprint density at radius 1 is 1.45 bits per heavy atom. The van der Waals surface area contributed by atoms with Gasteiger partial charge in [-0.3, -0.25) is 4.79 Å². The Morgan fingerprint density at radius 3 is 2.90 bits per heavy atom. The minimum Gasteiger partial charge on any atom is -0.369 e. The van der Waals surface area contributed by atoms with E-state index in [0.717, 1.165) is 25.1 Å². The summed E-state index contributed by atoms with van der Waals surface area (Å²) in [7, 11) is 0. The Bertz CT molecular complexity index is 530. The first kappa shape index (κ1) is 14.8. The van der Waals surface area contributed by atoms with Crippen LogP contribution in [0.4, 0.5) is 5.69 Å². The van der Waals surface area contributed by atoms with E-state index in [2.05, 4.69) is 25.2 Å². The van der Waals surface area contributed by atoms with Crippen LogP contribution < -0.4 is 11.1 Å². The number of benzene rings is 1. The molecule has 1 aliphatic heterocycles. The van der Waals surface area contributed by atoms with Gasteiger partial charge in [0.1, 0.15) is 0 Å². The SMILES string of the molecule is Cc1cccc(NC(=S)N2CCC[C@H](C(N)=O)C2)c1C. The maximum atomic E-state index is 11.3. The lowest BCUT2D eigenvalue weighted by Crippen LogP contribution is -2.45. The fourth-order valence-corrected chi connectivity index (χ4v) is 2.75. The van der Waals surface area contributed by atoms with Crippen molar-refractivity contribution in [2.45, 2.75) is 26.7 Å². The van der Waals surface area contributed by atoms with Crippen LogP contribution in [0, 0.1) is 19.8 Å². The van der Waals surface area contributed by atoms with Gasteiger partial charge in [0.05, 0.1) is 5.92 Å². The summed E-state index contributed by atoms with van der Waals surface area (Å²) < 4.78 is 0. The van der Waals surface area contributed by atoms with Crippen molar-refractivity contribution in [2.24, 2.45) is 11.7 Å². The number of rotatable bonds is 2. The van der Waals surface area contributed by atoms with E-state index in [1.807, 2.05) is 17.0 Å². The fraction of sp³-hybridized carbons (Fsp3) is 0.467. The van der Waals surface area contributed by atoms with Crippen LogP contribution in [0.5, 0.6) is 0 Å². The zero-order valence-electron chi connectivity index (χ0n) is 12.0. The van der Waals surface area contributed by atoms with Crippen molar-refractivity contribution < 1.29 is 4.79 Å². The maximum Gasteiger partial charge on any atom is 0.222 e. The highest BCUT2D eigenvalue weighted by Gasteiger charge is 2.25. The lowest BCUT2D eigenvalue weighted by Gasteiger charge is -2.33. The molecule has 3 N–H and O–H groups in total. The molecule has 20 heavy (non-hydrogen) atoms. The monoisotopic (exact) mass is 291 g/mol. The third kappa shape index (κ3) is 3.28. The molecule has 2 rings (SSSR count). The number of anilines is 1. The molecule has 0 radical (unpaired) electrons. The van der Waals surface area contributed by atoms with Crippen molar-refractivity contribution in [3.05, 3.63) is 29.3 Å². The highest BCUT2D eigenvalue weighted by molar-refractivity contribution is 7.80. The van der Waals surface area contributed by atoms with Crippen molar-refractivity contribution >= 4 is 28.9 Å². The van der Waals surface area contributed by atoms with Crippen molar-refractivity contribution in [1.82, 2.24) is 4.90 Å². The molecule has 1 atom stereocenters. The van der Waals surface area contributed by atoms with E-state index >= 15 is 0 Å². The highest BCUT2D eigenvalue weighted by Crippen LogP contribution is 2.21. The van der Waals surface area contributed by atoms with Crippen molar-refractivity contribution in [3.8, 4) is 0 Å². The van der Waals surface area contributed by atoms with Gasteiger partial charge in [-0.2, -0.15) is 0 Å². The predicted octanol–water partition coefficient (Wildman–Crippen LogP) is 2.20. The summed E-state index contributed by atoms with van der Waals surface area (Å²) in [5.74, 6) is -0.327. The van der Waals surface area contributed by atoms with E-state index in [1.54, 1.807) is 0 Å². The second-order valence-electron chi connectivity index (χ2n) is 5.37. The minimum absolute atomic E-state index is 0.0953. The average Bonchev–Trinajstić information content (AvgIpc) is 2.44. The number of hydrogen-bond acceptors (Lipinski definition) is 2. The van der Waals surface area contributed by atoms with E-state index in [1.165, 1.54) is 11.1 Å². The molecule has 0 aliphatic carbocycles. The number of piperidine rings is 1. The number of nitrogens with one attached hydrogen (secondary N) is 1. The molecule has 1 aromatic rings. The van der Waals surface area contributed by atoms with Crippen molar-refractivity contribution in [1.29, 1.82) is 0 Å². The molecule has 5 heteroatoms. The number of amides is 1. The average molecular weight is 291 g/mol. The van der Waals surface area contributed by atoms with Crippen molar-refractivity contribution in [2.75, 3.05) is 18.4 Å². The zero-order chi connectivity index (χ0) is 14.7. The van der Waals surface area contributed by atoms with E-state index < -0.39 is 0 Å². The molecule has 1 saturated heterocycles. The number of likely N-dealkylation sites (tertiary alicyclic amines) is 1. The van der Waals surface area contributed by atoms with E-state index in [4.69, 9.17) is 18.0 Å². The van der Waals surface area contributed by atoms with Crippen LogP contribution in [0.1, 0.15) is 24.0 Å². The summed E-state index contributed by atoms with van der Waals surface area (Å²) in [4.78, 5) is 13.3. The largest absolute Gasteiger partial charge is 0.369 e. The van der Waals surface area contributed by atoms with Crippen LogP contribution in [-0.4, -0.2) is 29.0 Å². The molecule has 0 saturated carbocycles. The van der Waals surface area contributed by atoms with Gasteiger partial charge in [0.15, 0.2) is 5.11 Å². The number of nitrogens with zero attached hydrogens (tertiary/aromatic N) is 1. The first-order valence-corrected chi connectivity index (χ1v) is 7.31. The summed E-state index contributed by atoms with van der Waals surface area (Å²) in [6.45, 7) is 5.64. The van der Waals surface area contributed by atoms with Gasteiger partial charge in [0.25, 0.3) is 0 Å². The Balaban J connectivity index is 2.04. The number of carbonyl (C=O) groups is 1. The van der Waals surface area contributed by atoms with Crippen LogP contribution in [-0.2, 0) is 4.79 Å². The van der Waals surface area contributed by atoms with Gasteiger partial charge in [-0.05, 0) is 56.1 Å². The first-order chi connectivity index (χ1) is 9.49. The highest BCUT2D eigenvalue weighted by atomic mass is 32.1. The lowest BCUT2D eigenvalue weighted by atomic mass is 9.98. The second-order valence-corrected chi connectivity index (χ2v) is 5.75. The lowest BCUT2D eigenvalue weighted by molar-refractivity contribution is -0.122. The third-order valence-electron chi connectivity index (χ3n) is 3.96. The summed E-state index contributed by atoms with van der Waals surface area (Å²) in [6.07, 6.45) is 1.81. The summed E-state index contributed by atoms with van der Waals surface area (Å²) in [5.41, 5.74) is 8.84. The van der Waals surface area contributed by atoms with Crippen LogP contribution in [0.3, 0.4) is 0 Å². The van der Waals surface area contributed by atoms with Crippen LogP contribution in [0.2, 0.25) is 0 Å².